The van der Waals surface area contributed by atoms with Gasteiger partial charge in [0.15, 0.2) is 0 Å². The average Bonchev–Trinajstić information content (AvgIpc) is 2.42. The number of nitrogens with one attached hydrogen (secondary N) is 1. The monoisotopic (exact) mass is 345 g/mol. The highest BCUT2D eigenvalue weighted by atomic mass is 79.9. The molecular weight excluding hydrogens is 322 g/mol. The molecule has 19 heavy (non-hydrogen) atoms. The van der Waals surface area contributed by atoms with E-state index in [4.69, 9.17) is 0 Å². The van der Waals surface area contributed by atoms with Crippen molar-refractivity contribution in [3.8, 4) is 0 Å². The van der Waals surface area contributed by atoms with Crippen molar-refractivity contribution in [3.05, 3.63) is 28.7 Å². The third-order valence-corrected chi connectivity index (χ3v) is 4.97. The fourth-order valence-corrected chi connectivity index (χ4v) is 3.63. The molecule has 4 heteroatoms. The molecule has 0 fully saturated rings. The zero-order valence-electron chi connectivity index (χ0n) is 11.8. The summed E-state index contributed by atoms with van der Waals surface area (Å²) in [6.07, 6.45) is 3.10. The van der Waals surface area contributed by atoms with Crippen molar-refractivity contribution in [1.82, 2.24) is 5.32 Å². The summed E-state index contributed by atoms with van der Waals surface area (Å²) in [6, 6.07) is 8.39. The summed E-state index contributed by atoms with van der Waals surface area (Å²) in [4.78, 5) is 1.30. The molecule has 0 saturated heterocycles. The van der Waals surface area contributed by atoms with Crippen molar-refractivity contribution in [2.75, 3.05) is 18.9 Å². The SMILES string of the molecule is CCNC(CC)(CO)CCCSc1cccc(Br)c1. The van der Waals surface area contributed by atoms with E-state index in [1.165, 1.54) is 4.90 Å². The lowest BCUT2D eigenvalue weighted by atomic mass is 9.91. The fourth-order valence-electron chi connectivity index (χ4n) is 2.17. The first-order chi connectivity index (χ1) is 9.15. The minimum absolute atomic E-state index is 0.0907. The lowest BCUT2D eigenvalue weighted by Crippen LogP contribution is -2.48. The van der Waals surface area contributed by atoms with E-state index in [-0.39, 0.29) is 12.1 Å². The van der Waals surface area contributed by atoms with Crippen molar-refractivity contribution in [2.24, 2.45) is 0 Å². The topological polar surface area (TPSA) is 32.3 Å². The van der Waals surface area contributed by atoms with Gasteiger partial charge in [0.2, 0.25) is 0 Å². The van der Waals surface area contributed by atoms with Gasteiger partial charge in [0, 0.05) is 14.9 Å². The lowest BCUT2D eigenvalue weighted by Gasteiger charge is -2.31. The van der Waals surface area contributed by atoms with Crippen LogP contribution in [-0.4, -0.2) is 29.5 Å². The zero-order chi connectivity index (χ0) is 14.1. The van der Waals surface area contributed by atoms with Crippen molar-refractivity contribution in [2.45, 2.75) is 43.5 Å². The molecular formula is C15H24BrNOS. The van der Waals surface area contributed by atoms with Crippen LogP contribution in [0.15, 0.2) is 33.6 Å². The van der Waals surface area contributed by atoms with Crippen molar-refractivity contribution < 1.29 is 5.11 Å². The molecule has 2 N–H and O–H groups in total. The molecule has 0 aromatic heterocycles. The highest BCUT2D eigenvalue weighted by Crippen LogP contribution is 2.25. The zero-order valence-corrected chi connectivity index (χ0v) is 14.2. The van der Waals surface area contributed by atoms with E-state index in [2.05, 4.69) is 53.3 Å². The molecule has 0 bridgehead atoms. The molecule has 2 nitrogen and oxygen atoms in total. The molecule has 0 aliphatic rings. The summed E-state index contributed by atoms with van der Waals surface area (Å²) in [5.41, 5.74) is -0.0907. The van der Waals surface area contributed by atoms with Crippen molar-refractivity contribution in [3.63, 3.8) is 0 Å². The number of aliphatic hydroxyl groups excluding tert-OH is 1. The molecule has 0 spiro atoms. The van der Waals surface area contributed by atoms with E-state index in [0.717, 1.165) is 36.0 Å². The van der Waals surface area contributed by atoms with Crippen molar-refractivity contribution >= 4 is 27.7 Å². The molecule has 0 aliphatic heterocycles. The van der Waals surface area contributed by atoms with Gasteiger partial charge in [0.1, 0.15) is 0 Å². The van der Waals surface area contributed by atoms with Gasteiger partial charge in [-0.2, -0.15) is 0 Å². The quantitative estimate of drug-likeness (QED) is 0.522. The Hall–Kier alpha value is -0.0300. The number of aliphatic hydroxyl groups is 1. The molecule has 1 unspecified atom stereocenters. The standard InChI is InChI=1S/C15H24BrNOS/c1-3-15(12-18,17-4-2)9-6-10-19-14-8-5-7-13(16)11-14/h5,7-8,11,17-18H,3-4,6,9-10,12H2,1-2H3. The Balaban J connectivity index is 2.36. The number of rotatable bonds is 9. The van der Waals surface area contributed by atoms with Crippen LogP contribution < -0.4 is 5.32 Å². The van der Waals surface area contributed by atoms with Gasteiger partial charge in [0.25, 0.3) is 0 Å². The van der Waals surface area contributed by atoms with Gasteiger partial charge in [-0.1, -0.05) is 35.8 Å². The first kappa shape index (κ1) is 17.0. The summed E-state index contributed by atoms with van der Waals surface area (Å²) in [6.45, 7) is 5.36. The normalized spacial score (nSPS) is 14.3. The Bertz CT molecular complexity index is 369. The Morgan fingerprint density at radius 3 is 2.74 bits per heavy atom. The van der Waals surface area contributed by atoms with Crippen LogP contribution in [0.25, 0.3) is 0 Å². The van der Waals surface area contributed by atoms with E-state index in [1.807, 2.05) is 17.8 Å². The summed E-state index contributed by atoms with van der Waals surface area (Å²) < 4.78 is 1.13. The van der Waals surface area contributed by atoms with Crippen LogP contribution in [0.4, 0.5) is 0 Å². The number of hydrogen-bond donors (Lipinski definition) is 2. The van der Waals surface area contributed by atoms with Crippen LogP contribution in [0.2, 0.25) is 0 Å². The Labute approximate surface area is 129 Å². The number of benzene rings is 1. The number of halogens is 1. The second kappa shape index (κ2) is 9.01. The molecule has 1 aromatic rings. The molecule has 0 aliphatic carbocycles. The van der Waals surface area contributed by atoms with Gasteiger partial charge in [0.05, 0.1) is 6.61 Å². The second-order valence-corrected chi connectivity index (χ2v) is 6.82. The van der Waals surface area contributed by atoms with E-state index < -0.39 is 0 Å². The summed E-state index contributed by atoms with van der Waals surface area (Å²) in [7, 11) is 0. The molecule has 1 rings (SSSR count). The van der Waals surface area contributed by atoms with Crippen LogP contribution in [-0.2, 0) is 0 Å². The molecule has 1 atom stereocenters. The first-order valence-corrected chi connectivity index (χ1v) is 8.68. The Morgan fingerprint density at radius 1 is 1.37 bits per heavy atom. The second-order valence-electron chi connectivity index (χ2n) is 4.73. The van der Waals surface area contributed by atoms with E-state index in [9.17, 15) is 5.11 Å². The van der Waals surface area contributed by atoms with Gasteiger partial charge in [-0.25, -0.2) is 0 Å². The Morgan fingerprint density at radius 2 is 2.16 bits per heavy atom. The third-order valence-electron chi connectivity index (χ3n) is 3.40. The molecule has 0 heterocycles. The summed E-state index contributed by atoms with van der Waals surface area (Å²) in [5.74, 6) is 1.09. The third kappa shape index (κ3) is 5.86. The molecule has 1 aromatic carbocycles. The van der Waals surface area contributed by atoms with E-state index >= 15 is 0 Å². The first-order valence-electron chi connectivity index (χ1n) is 6.90. The van der Waals surface area contributed by atoms with E-state index in [1.54, 1.807) is 0 Å². The van der Waals surface area contributed by atoms with Crippen LogP contribution in [0.3, 0.4) is 0 Å². The van der Waals surface area contributed by atoms with Gasteiger partial charge < -0.3 is 10.4 Å². The summed E-state index contributed by atoms with van der Waals surface area (Å²) >= 11 is 5.36. The maximum absolute atomic E-state index is 9.58. The van der Waals surface area contributed by atoms with E-state index in [0.29, 0.717) is 0 Å². The molecule has 0 saturated carbocycles. The van der Waals surface area contributed by atoms with Crippen LogP contribution in [0.5, 0.6) is 0 Å². The average molecular weight is 346 g/mol. The maximum atomic E-state index is 9.58. The molecule has 0 radical (unpaired) electrons. The maximum Gasteiger partial charge on any atom is 0.0613 e. The van der Waals surface area contributed by atoms with Gasteiger partial charge >= 0.3 is 0 Å². The summed E-state index contributed by atoms with van der Waals surface area (Å²) in [5, 5.41) is 13.0. The van der Waals surface area contributed by atoms with Gasteiger partial charge in [-0.3, -0.25) is 0 Å². The molecule has 108 valence electrons. The largest absolute Gasteiger partial charge is 0.394 e. The minimum Gasteiger partial charge on any atom is -0.394 e. The number of likely N-dealkylation sites (N-methyl/N-ethyl adjacent to an activating group) is 1. The number of thioether (sulfide) groups is 1. The van der Waals surface area contributed by atoms with Crippen LogP contribution in [0, 0.1) is 0 Å². The predicted molar refractivity (Wildman–Crippen MR) is 87.9 cm³/mol. The lowest BCUT2D eigenvalue weighted by molar-refractivity contribution is 0.148. The highest BCUT2D eigenvalue weighted by molar-refractivity contribution is 9.10. The van der Waals surface area contributed by atoms with Crippen LogP contribution in [0.1, 0.15) is 33.1 Å². The highest BCUT2D eigenvalue weighted by Gasteiger charge is 2.25. The predicted octanol–water partition coefficient (Wildman–Crippen LogP) is 4.07. The van der Waals surface area contributed by atoms with Gasteiger partial charge in [-0.05, 0) is 49.8 Å². The molecule has 0 amide bonds. The Kier molecular flexibility index (Phi) is 8.07. The van der Waals surface area contributed by atoms with Crippen molar-refractivity contribution in [1.29, 1.82) is 0 Å². The minimum atomic E-state index is -0.0907. The van der Waals surface area contributed by atoms with Crippen LogP contribution >= 0.6 is 27.7 Å². The number of hydrogen-bond acceptors (Lipinski definition) is 3. The fraction of sp³-hybridized carbons (Fsp3) is 0.600. The van der Waals surface area contributed by atoms with Gasteiger partial charge in [-0.15, -0.1) is 11.8 Å². The smallest absolute Gasteiger partial charge is 0.0613 e.